The molecule has 1 amide bonds. The second kappa shape index (κ2) is 7.59. The molecule has 0 bridgehead atoms. The van der Waals surface area contributed by atoms with Gasteiger partial charge in [-0.25, -0.2) is 0 Å². The molecule has 4 heteroatoms. The van der Waals surface area contributed by atoms with Crippen molar-refractivity contribution >= 4 is 5.91 Å². The summed E-state index contributed by atoms with van der Waals surface area (Å²) in [5, 5.41) is 0. The smallest absolute Gasteiger partial charge is 0.224 e. The first kappa shape index (κ1) is 18.4. The highest BCUT2D eigenvalue weighted by Crippen LogP contribution is 2.23. The fraction of sp³-hybridized carbons (Fsp3) is 0.941. The summed E-state index contributed by atoms with van der Waals surface area (Å²) in [6, 6.07) is 0.532. The lowest BCUT2D eigenvalue weighted by atomic mass is 9.85. The lowest BCUT2D eigenvalue weighted by Gasteiger charge is -2.36. The van der Waals surface area contributed by atoms with Gasteiger partial charge in [0.15, 0.2) is 0 Å². The van der Waals surface area contributed by atoms with Gasteiger partial charge < -0.3 is 15.5 Å². The number of nitrogens with two attached hydrogens (primary N) is 1. The van der Waals surface area contributed by atoms with Gasteiger partial charge in [-0.3, -0.25) is 4.79 Å². The van der Waals surface area contributed by atoms with Gasteiger partial charge in [0, 0.05) is 38.1 Å². The van der Waals surface area contributed by atoms with E-state index in [1.807, 2.05) is 4.90 Å². The van der Waals surface area contributed by atoms with Crippen LogP contribution in [0.5, 0.6) is 0 Å². The normalized spacial score (nSPS) is 19.4. The first-order valence-electron chi connectivity index (χ1n) is 8.35. The van der Waals surface area contributed by atoms with Crippen LogP contribution in [-0.2, 0) is 4.79 Å². The third kappa shape index (κ3) is 5.95. The number of likely N-dealkylation sites (tertiary alicyclic amines) is 1. The van der Waals surface area contributed by atoms with Crippen molar-refractivity contribution in [3.05, 3.63) is 0 Å². The van der Waals surface area contributed by atoms with Crippen molar-refractivity contribution in [1.82, 2.24) is 9.80 Å². The number of nitrogens with zero attached hydrogens (tertiary/aromatic N) is 2. The molecule has 1 heterocycles. The van der Waals surface area contributed by atoms with Gasteiger partial charge in [0.1, 0.15) is 0 Å². The minimum absolute atomic E-state index is 0.00599. The number of rotatable bonds is 5. The zero-order chi connectivity index (χ0) is 16.2. The SMILES string of the molecule is CC(C)N(C)CC1CCN(C(=O)CC(N)C(C)(C)C)CC1. The third-order valence-electron chi connectivity index (χ3n) is 4.90. The summed E-state index contributed by atoms with van der Waals surface area (Å²) in [4.78, 5) is 16.7. The Morgan fingerprint density at radius 3 is 2.24 bits per heavy atom. The Balaban J connectivity index is 2.37. The van der Waals surface area contributed by atoms with E-state index in [1.54, 1.807) is 0 Å². The molecule has 124 valence electrons. The van der Waals surface area contributed by atoms with Crippen molar-refractivity contribution in [3.8, 4) is 0 Å². The van der Waals surface area contributed by atoms with E-state index in [2.05, 4.69) is 46.6 Å². The monoisotopic (exact) mass is 297 g/mol. The highest BCUT2D eigenvalue weighted by atomic mass is 16.2. The summed E-state index contributed by atoms with van der Waals surface area (Å²) < 4.78 is 0. The number of carbonyl (C=O) groups excluding carboxylic acids is 1. The van der Waals surface area contributed by atoms with Crippen LogP contribution in [-0.4, -0.2) is 54.5 Å². The molecule has 1 saturated heterocycles. The Labute approximate surface area is 131 Å². The molecule has 1 fully saturated rings. The Hall–Kier alpha value is -0.610. The summed E-state index contributed by atoms with van der Waals surface area (Å²) in [6.07, 6.45) is 2.71. The molecule has 1 atom stereocenters. The molecule has 0 aromatic carbocycles. The molecule has 0 aromatic heterocycles. The number of amides is 1. The topological polar surface area (TPSA) is 49.6 Å². The average molecular weight is 297 g/mol. The van der Waals surface area contributed by atoms with Gasteiger partial charge in [-0.1, -0.05) is 20.8 Å². The Bertz CT molecular complexity index is 327. The minimum Gasteiger partial charge on any atom is -0.343 e. The Morgan fingerprint density at radius 1 is 1.29 bits per heavy atom. The molecule has 2 N–H and O–H groups in total. The molecule has 0 radical (unpaired) electrons. The van der Waals surface area contributed by atoms with Gasteiger partial charge in [-0.2, -0.15) is 0 Å². The second-order valence-corrected chi connectivity index (χ2v) is 8.03. The predicted octanol–water partition coefficient (Wildman–Crippen LogP) is 2.33. The number of piperidine rings is 1. The van der Waals surface area contributed by atoms with Gasteiger partial charge in [-0.05, 0) is 45.1 Å². The zero-order valence-corrected chi connectivity index (χ0v) is 14.9. The quantitative estimate of drug-likeness (QED) is 0.847. The van der Waals surface area contributed by atoms with Gasteiger partial charge in [0.2, 0.25) is 5.91 Å². The van der Waals surface area contributed by atoms with Crippen molar-refractivity contribution in [2.24, 2.45) is 17.1 Å². The van der Waals surface area contributed by atoms with Gasteiger partial charge in [0.25, 0.3) is 0 Å². The minimum atomic E-state index is -0.0604. The van der Waals surface area contributed by atoms with E-state index in [0.717, 1.165) is 38.4 Å². The van der Waals surface area contributed by atoms with Crippen LogP contribution in [0.3, 0.4) is 0 Å². The first-order valence-corrected chi connectivity index (χ1v) is 8.35. The molecule has 1 aliphatic rings. The summed E-state index contributed by atoms with van der Waals surface area (Å²) in [6.45, 7) is 13.7. The maximum Gasteiger partial charge on any atom is 0.224 e. The van der Waals surface area contributed by atoms with Crippen LogP contribution in [0.2, 0.25) is 0 Å². The molecule has 1 rings (SSSR count). The highest BCUT2D eigenvalue weighted by molar-refractivity contribution is 5.77. The predicted molar refractivity (Wildman–Crippen MR) is 89.1 cm³/mol. The average Bonchev–Trinajstić information content (AvgIpc) is 2.38. The molecule has 1 unspecified atom stereocenters. The van der Waals surface area contributed by atoms with Crippen molar-refractivity contribution in [1.29, 1.82) is 0 Å². The van der Waals surface area contributed by atoms with E-state index in [9.17, 15) is 4.79 Å². The number of hydrogen-bond acceptors (Lipinski definition) is 3. The van der Waals surface area contributed by atoms with Crippen molar-refractivity contribution in [2.45, 2.75) is 66.0 Å². The summed E-state index contributed by atoms with van der Waals surface area (Å²) in [5.74, 6) is 0.950. The first-order chi connectivity index (χ1) is 9.61. The standard InChI is InChI=1S/C17H35N3O/c1-13(2)19(6)12-14-7-9-20(10-8-14)16(21)11-15(18)17(3,4)5/h13-15H,7-12,18H2,1-6H3. The van der Waals surface area contributed by atoms with Crippen LogP contribution in [0.25, 0.3) is 0 Å². The van der Waals surface area contributed by atoms with Crippen LogP contribution in [0, 0.1) is 11.3 Å². The lowest BCUT2D eigenvalue weighted by molar-refractivity contribution is -0.133. The van der Waals surface area contributed by atoms with Crippen molar-refractivity contribution in [2.75, 3.05) is 26.7 Å². The largest absolute Gasteiger partial charge is 0.343 e. The number of hydrogen-bond donors (Lipinski definition) is 1. The number of carbonyl (C=O) groups is 1. The van der Waals surface area contributed by atoms with Crippen LogP contribution in [0.15, 0.2) is 0 Å². The van der Waals surface area contributed by atoms with Gasteiger partial charge in [-0.15, -0.1) is 0 Å². The Morgan fingerprint density at radius 2 is 1.81 bits per heavy atom. The lowest BCUT2D eigenvalue weighted by Crippen LogP contribution is -2.45. The molecule has 21 heavy (non-hydrogen) atoms. The van der Waals surface area contributed by atoms with E-state index in [0.29, 0.717) is 12.5 Å². The fourth-order valence-electron chi connectivity index (χ4n) is 2.61. The van der Waals surface area contributed by atoms with Crippen LogP contribution in [0.4, 0.5) is 0 Å². The van der Waals surface area contributed by atoms with Crippen molar-refractivity contribution in [3.63, 3.8) is 0 Å². The molecule has 0 spiro atoms. The molecule has 4 nitrogen and oxygen atoms in total. The summed E-state index contributed by atoms with van der Waals surface area (Å²) in [5.41, 5.74) is 6.12. The van der Waals surface area contributed by atoms with Crippen LogP contribution < -0.4 is 5.73 Å². The Kier molecular flexibility index (Phi) is 6.67. The van der Waals surface area contributed by atoms with Gasteiger partial charge >= 0.3 is 0 Å². The molecule has 1 aliphatic heterocycles. The maximum atomic E-state index is 12.3. The molecule has 0 aliphatic carbocycles. The molecule has 0 saturated carbocycles. The fourth-order valence-corrected chi connectivity index (χ4v) is 2.61. The van der Waals surface area contributed by atoms with Crippen LogP contribution >= 0.6 is 0 Å². The van der Waals surface area contributed by atoms with E-state index in [1.165, 1.54) is 0 Å². The zero-order valence-electron chi connectivity index (χ0n) is 14.9. The van der Waals surface area contributed by atoms with Gasteiger partial charge in [0.05, 0.1) is 0 Å². The van der Waals surface area contributed by atoms with Crippen LogP contribution in [0.1, 0.15) is 53.9 Å². The summed E-state index contributed by atoms with van der Waals surface area (Å²) in [7, 11) is 2.19. The van der Waals surface area contributed by atoms with Crippen molar-refractivity contribution < 1.29 is 4.79 Å². The molecular weight excluding hydrogens is 262 g/mol. The molecule has 0 aromatic rings. The maximum absolute atomic E-state index is 12.3. The second-order valence-electron chi connectivity index (χ2n) is 8.03. The van der Waals surface area contributed by atoms with E-state index in [4.69, 9.17) is 5.73 Å². The summed E-state index contributed by atoms with van der Waals surface area (Å²) >= 11 is 0. The third-order valence-corrected chi connectivity index (χ3v) is 4.90. The van der Waals surface area contributed by atoms with E-state index in [-0.39, 0.29) is 17.4 Å². The van der Waals surface area contributed by atoms with E-state index < -0.39 is 0 Å². The van der Waals surface area contributed by atoms with E-state index >= 15 is 0 Å². The molecular formula is C17H35N3O. The highest BCUT2D eigenvalue weighted by Gasteiger charge is 2.28.